The van der Waals surface area contributed by atoms with Gasteiger partial charge in [0.25, 0.3) is 0 Å². The molecule has 0 aliphatic heterocycles. The minimum absolute atomic E-state index is 0.0886. The van der Waals surface area contributed by atoms with E-state index in [1.54, 1.807) is 0 Å². The Morgan fingerprint density at radius 3 is 2.62 bits per heavy atom. The van der Waals surface area contributed by atoms with E-state index < -0.39 is 18.8 Å². The van der Waals surface area contributed by atoms with Gasteiger partial charge in [0.15, 0.2) is 0 Å². The maximum absolute atomic E-state index is 11.8. The van der Waals surface area contributed by atoms with Gasteiger partial charge in [0, 0.05) is 18.2 Å². The number of benzene rings is 1. The molecule has 0 saturated heterocycles. The topological polar surface area (TPSA) is 70.8 Å². The molecule has 0 aliphatic carbocycles. The van der Waals surface area contributed by atoms with Crippen molar-refractivity contribution in [3.8, 4) is 5.75 Å². The van der Waals surface area contributed by atoms with E-state index in [2.05, 4.69) is 9.47 Å². The lowest BCUT2D eigenvalue weighted by molar-refractivity contribution is -0.174. The van der Waals surface area contributed by atoms with Gasteiger partial charge in [-0.2, -0.15) is 13.2 Å². The molecule has 8 heteroatoms. The van der Waals surface area contributed by atoms with E-state index in [4.69, 9.17) is 10.5 Å². The Morgan fingerprint density at radius 2 is 2.00 bits per heavy atom. The minimum Gasteiger partial charge on any atom is -0.493 e. The molecular formula is C13H16F3NO4. The maximum atomic E-state index is 11.8. The highest BCUT2D eigenvalue weighted by molar-refractivity contribution is 5.93. The Hall–Kier alpha value is -1.96. The highest BCUT2D eigenvalue weighted by Crippen LogP contribution is 2.23. The number of ether oxygens (including phenoxy) is 3. The molecule has 5 nitrogen and oxygen atoms in total. The molecule has 0 radical (unpaired) electrons. The lowest BCUT2D eigenvalue weighted by Crippen LogP contribution is -2.18. The molecule has 1 aromatic rings. The van der Waals surface area contributed by atoms with Crippen molar-refractivity contribution in [1.29, 1.82) is 0 Å². The molecule has 1 aromatic carbocycles. The van der Waals surface area contributed by atoms with Crippen LogP contribution in [0.2, 0.25) is 0 Å². The summed E-state index contributed by atoms with van der Waals surface area (Å²) in [5.74, 6) is -0.365. The fourth-order valence-corrected chi connectivity index (χ4v) is 1.47. The van der Waals surface area contributed by atoms with Gasteiger partial charge in [0.05, 0.1) is 20.3 Å². The molecule has 0 bridgehead atoms. The second-order valence-electron chi connectivity index (χ2n) is 4.12. The number of anilines is 1. The van der Waals surface area contributed by atoms with Crippen LogP contribution in [0.3, 0.4) is 0 Å². The Kier molecular flexibility index (Phi) is 6.29. The number of esters is 1. The van der Waals surface area contributed by atoms with Gasteiger partial charge in [-0.1, -0.05) is 0 Å². The average molecular weight is 307 g/mol. The Labute approximate surface area is 119 Å². The third-order valence-electron chi connectivity index (χ3n) is 2.37. The first-order chi connectivity index (χ1) is 9.83. The summed E-state index contributed by atoms with van der Waals surface area (Å²) in [5, 5.41) is 0. The highest BCUT2D eigenvalue weighted by atomic mass is 19.4. The summed E-state index contributed by atoms with van der Waals surface area (Å²) in [4.78, 5) is 11.5. The first-order valence-electron chi connectivity index (χ1n) is 6.08. The zero-order chi connectivity index (χ0) is 15.9. The number of methoxy groups -OCH3 is 1. The normalized spacial score (nSPS) is 11.2. The molecule has 118 valence electrons. The molecule has 0 spiro atoms. The average Bonchev–Trinajstić information content (AvgIpc) is 2.41. The van der Waals surface area contributed by atoms with E-state index >= 15 is 0 Å². The van der Waals surface area contributed by atoms with E-state index in [9.17, 15) is 18.0 Å². The van der Waals surface area contributed by atoms with Crippen molar-refractivity contribution >= 4 is 11.7 Å². The van der Waals surface area contributed by atoms with Gasteiger partial charge in [-0.3, -0.25) is 0 Å². The van der Waals surface area contributed by atoms with Gasteiger partial charge < -0.3 is 19.9 Å². The number of carbonyl (C=O) groups excluding carboxylic acids is 1. The molecule has 0 atom stereocenters. The lowest BCUT2D eigenvalue weighted by Gasteiger charge is -2.11. The van der Waals surface area contributed by atoms with Crippen molar-refractivity contribution in [1.82, 2.24) is 0 Å². The monoisotopic (exact) mass is 307 g/mol. The maximum Gasteiger partial charge on any atom is 0.411 e. The van der Waals surface area contributed by atoms with Crippen molar-refractivity contribution < 1.29 is 32.2 Å². The molecular weight excluding hydrogens is 291 g/mol. The Bertz CT molecular complexity index is 477. The summed E-state index contributed by atoms with van der Waals surface area (Å²) in [6, 6.07) is 4.42. The van der Waals surface area contributed by atoms with Crippen LogP contribution in [0, 0.1) is 0 Å². The number of halogens is 3. The van der Waals surface area contributed by atoms with E-state index in [-0.39, 0.29) is 30.9 Å². The summed E-state index contributed by atoms with van der Waals surface area (Å²) in [5.41, 5.74) is 6.18. The van der Waals surface area contributed by atoms with Gasteiger partial charge in [0.1, 0.15) is 17.9 Å². The molecule has 0 saturated carbocycles. The summed E-state index contributed by atoms with van der Waals surface area (Å²) in [6.45, 7) is -1.31. The van der Waals surface area contributed by atoms with Crippen LogP contribution in [0.1, 0.15) is 16.8 Å². The zero-order valence-electron chi connectivity index (χ0n) is 11.4. The number of nitrogen functional groups attached to an aromatic ring is 1. The van der Waals surface area contributed by atoms with Gasteiger partial charge in [-0.15, -0.1) is 0 Å². The van der Waals surface area contributed by atoms with Gasteiger partial charge in [0.2, 0.25) is 0 Å². The standard InChI is InChI=1S/C13H16F3NO4/c1-19-12(18)10-4-3-9(17)7-11(10)21-6-2-5-20-8-13(14,15)16/h3-4,7H,2,5-6,8,17H2,1H3. The highest BCUT2D eigenvalue weighted by Gasteiger charge is 2.27. The van der Waals surface area contributed by atoms with E-state index in [0.717, 1.165) is 0 Å². The smallest absolute Gasteiger partial charge is 0.411 e. The molecule has 0 fully saturated rings. The van der Waals surface area contributed by atoms with Crippen LogP contribution < -0.4 is 10.5 Å². The van der Waals surface area contributed by atoms with Crippen LogP contribution in [0.4, 0.5) is 18.9 Å². The van der Waals surface area contributed by atoms with Gasteiger partial charge in [-0.05, 0) is 12.1 Å². The second kappa shape index (κ2) is 7.72. The van der Waals surface area contributed by atoms with Crippen LogP contribution >= 0.6 is 0 Å². The number of carbonyl (C=O) groups is 1. The van der Waals surface area contributed by atoms with Crippen molar-refractivity contribution in [3.63, 3.8) is 0 Å². The largest absolute Gasteiger partial charge is 0.493 e. The Balaban J connectivity index is 2.44. The predicted molar refractivity (Wildman–Crippen MR) is 69.2 cm³/mol. The first-order valence-corrected chi connectivity index (χ1v) is 6.08. The predicted octanol–water partition coefficient (Wildman–Crippen LogP) is 2.40. The molecule has 0 aromatic heterocycles. The van der Waals surface area contributed by atoms with Crippen molar-refractivity contribution in [3.05, 3.63) is 23.8 Å². The lowest BCUT2D eigenvalue weighted by atomic mass is 10.2. The van der Waals surface area contributed by atoms with E-state index in [1.807, 2.05) is 0 Å². The molecule has 0 amide bonds. The third-order valence-corrected chi connectivity index (χ3v) is 2.37. The summed E-state index contributed by atoms with van der Waals surface area (Å²) in [7, 11) is 1.23. The SMILES string of the molecule is COC(=O)c1ccc(N)cc1OCCCOCC(F)(F)F. The van der Waals surface area contributed by atoms with Crippen LogP contribution in [0.25, 0.3) is 0 Å². The van der Waals surface area contributed by atoms with Crippen LogP contribution in [-0.2, 0) is 9.47 Å². The third kappa shape index (κ3) is 6.35. The van der Waals surface area contributed by atoms with Gasteiger partial charge in [-0.25, -0.2) is 4.79 Å². The van der Waals surface area contributed by atoms with Crippen LogP contribution in [0.15, 0.2) is 18.2 Å². The summed E-state index contributed by atoms with van der Waals surface area (Å²) in [6.07, 6.45) is -4.10. The molecule has 21 heavy (non-hydrogen) atoms. The first kappa shape index (κ1) is 17.1. The number of hydrogen-bond acceptors (Lipinski definition) is 5. The van der Waals surface area contributed by atoms with E-state index in [0.29, 0.717) is 5.69 Å². The van der Waals surface area contributed by atoms with Crippen molar-refractivity contribution in [2.45, 2.75) is 12.6 Å². The number of hydrogen-bond donors (Lipinski definition) is 1. The zero-order valence-corrected chi connectivity index (χ0v) is 11.4. The fourth-order valence-electron chi connectivity index (χ4n) is 1.47. The van der Waals surface area contributed by atoms with Crippen LogP contribution in [-0.4, -0.2) is 39.1 Å². The molecule has 0 heterocycles. The molecule has 2 N–H and O–H groups in total. The minimum atomic E-state index is -4.34. The quantitative estimate of drug-likeness (QED) is 0.476. The summed E-state index contributed by atoms with van der Waals surface area (Å²) < 4.78 is 49.9. The number of nitrogens with two attached hydrogens (primary N) is 1. The fraction of sp³-hybridized carbons (Fsp3) is 0.462. The van der Waals surface area contributed by atoms with Crippen molar-refractivity contribution in [2.24, 2.45) is 0 Å². The van der Waals surface area contributed by atoms with Gasteiger partial charge >= 0.3 is 12.1 Å². The number of rotatable bonds is 7. The summed E-state index contributed by atoms with van der Waals surface area (Å²) >= 11 is 0. The molecule has 0 unspecified atom stereocenters. The van der Waals surface area contributed by atoms with Crippen molar-refractivity contribution in [2.75, 3.05) is 32.7 Å². The molecule has 0 aliphatic rings. The molecule has 1 rings (SSSR count). The number of alkyl halides is 3. The van der Waals surface area contributed by atoms with Crippen LogP contribution in [0.5, 0.6) is 5.75 Å². The second-order valence-corrected chi connectivity index (χ2v) is 4.12. The Morgan fingerprint density at radius 1 is 1.29 bits per heavy atom. The van der Waals surface area contributed by atoms with E-state index in [1.165, 1.54) is 25.3 Å².